The molecule has 0 aromatic heterocycles. The van der Waals surface area contributed by atoms with Crippen LogP contribution >= 0.6 is 0 Å². The smallest absolute Gasteiger partial charge is 0.0238 e. The molecule has 1 unspecified atom stereocenters. The second-order valence-electron chi connectivity index (χ2n) is 4.46. The highest BCUT2D eigenvalue weighted by atomic mass is 15.3. The van der Waals surface area contributed by atoms with E-state index in [4.69, 9.17) is 5.73 Å². The third-order valence-corrected chi connectivity index (χ3v) is 3.25. The van der Waals surface area contributed by atoms with Gasteiger partial charge in [-0.2, -0.15) is 0 Å². The van der Waals surface area contributed by atoms with E-state index in [9.17, 15) is 0 Å². The molecule has 1 saturated heterocycles. The van der Waals surface area contributed by atoms with Gasteiger partial charge in [-0.3, -0.25) is 4.90 Å². The molecule has 1 aliphatic heterocycles. The lowest BCUT2D eigenvalue weighted by Gasteiger charge is -2.40. The maximum Gasteiger partial charge on any atom is 0.0238 e. The normalized spacial score (nSPS) is 32.3. The number of hydrogen-bond acceptors (Lipinski definition) is 3. The van der Waals surface area contributed by atoms with E-state index in [1.165, 1.54) is 38.9 Å². The van der Waals surface area contributed by atoms with Gasteiger partial charge >= 0.3 is 0 Å². The van der Waals surface area contributed by atoms with Gasteiger partial charge in [0, 0.05) is 31.7 Å². The summed E-state index contributed by atoms with van der Waals surface area (Å²) in [6, 6.07) is 1.64. The highest BCUT2D eigenvalue weighted by Crippen LogP contribution is 2.30. The lowest BCUT2D eigenvalue weighted by Crippen LogP contribution is -2.53. The van der Waals surface area contributed by atoms with E-state index in [2.05, 4.69) is 16.8 Å². The predicted octanol–water partition coefficient (Wildman–Crippen LogP) is 0.114. The number of likely N-dealkylation sites (N-methyl/N-ethyl adjacent to an activating group) is 1. The van der Waals surface area contributed by atoms with Crippen molar-refractivity contribution in [3.63, 3.8) is 0 Å². The van der Waals surface area contributed by atoms with E-state index in [1.54, 1.807) is 0 Å². The molecule has 0 aromatic carbocycles. The summed E-state index contributed by atoms with van der Waals surface area (Å²) in [5.74, 6) is 0. The zero-order valence-electron chi connectivity index (χ0n) is 8.58. The molecule has 0 radical (unpaired) electrons. The molecule has 3 heteroatoms. The second kappa shape index (κ2) is 3.95. The van der Waals surface area contributed by atoms with E-state index < -0.39 is 0 Å². The van der Waals surface area contributed by atoms with Crippen molar-refractivity contribution in [3.8, 4) is 0 Å². The fourth-order valence-corrected chi connectivity index (χ4v) is 2.36. The van der Waals surface area contributed by atoms with Gasteiger partial charge in [0.2, 0.25) is 0 Å². The largest absolute Gasteiger partial charge is 0.330 e. The standard InChI is InChI=1S/C10H21N3/c1-12-6-7-13(9-2-3-9)10(8-12)4-5-11/h9-10H,2-8,11H2,1H3. The maximum absolute atomic E-state index is 5.64. The van der Waals surface area contributed by atoms with Crippen LogP contribution < -0.4 is 5.73 Å². The van der Waals surface area contributed by atoms with Gasteiger partial charge in [-0.25, -0.2) is 0 Å². The first kappa shape index (κ1) is 9.44. The molecule has 76 valence electrons. The molecule has 1 atom stereocenters. The van der Waals surface area contributed by atoms with E-state index in [-0.39, 0.29) is 0 Å². The fraction of sp³-hybridized carbons (Fsp3) is 1.00. The Balaban J connectivity index is 1.90. The van der Waals surface area contributed by atoms with Crippen LogP contribution in [-0.2, 0) is 0 Å². The molecule has 0 bridgehead atoms. The van der Waals surface area contributed by atoms with Crippen LogP contribution in [0.2, 0.25) is 0 Å². The first-order chi connectivity index (χ1) is 6.31. The molecule has 3 nitrogen and oxygen atoms in total. The molecule has 1 heterocycles. The summed E-state index contributed by atoms with van der Waals surface area (Å²) in [4.78, 5) is 5.12. The molecule has 13 heavy (non-hydrogen) atoms. The van der Waals surface area contributed by atoms with Gasteiger partial charge < -0.3 is 10.6 Å². The van der Waals surface area contributed by atoms with Gasteiger partial charge in [-0.05, 0) is 32.9 Å². The summed E-state index contributed by atoms with van der Waals surface area (Å²) >= 11 is 0. The molecule has 0 amide bonds. The lowest BCUT2D eigenvalue weighted by molar-refractivity contribution is 0.0793. The van der Waals surface area contributed by atoms with Crippen molar-refractivity contribution in [2.75, 3.05) is 33.2 Å². The van der Waals surface area contributed by atoms with Crippen molar-refractivity contribution >= 4 is 0 Å². The average molecular weight is 183 g/mol. The zero-order chi connectivity index (χ0) is 9.26. The summed E-state index contributed by atoms with van der Waals surface area (Å²) in [6.07, 6.45) is 4.01. The van der Waals surface area contributed by atoms with E-state index in [0.29, 0.717) is 0 Å². The summed E-state index contributed by atoms with van der Waals surface area (Å²) in [7, 11) is 2.22. The Hall–Kier alpha value is -0.120. The Kier molecular flexibility index (Phi) is 2.86. The zero-order valence-corrected chi connectivity index (χ0v) is 8.58. The predicted molar refractivity (Wildman–Crippen MR) is 54.7 cm³/mol. The molecule has 1 aliphatic carbocycles. The second-order valence-corrected chi connectivity index (χ2v) is 4.46. The molecule has 2 fully saturated rings. The Bertz CT molecular complexity index is 168. The Labute approximate surface area is 80.9 Å². The van der Waals surface area contributed by atoms with Crippen LogP contribution in [0.1, 0.15) is 19.3 Å². The van der Waals surface area contributed by atoms with Crippen molar-refractivity contribution < 1.29 is 0 Å². The number of hydrogen-bond donors (Lipinski definition) is 1. The first-order valence-corrected chi connectivity index (χ1v) is 5.45. The lowest BCUT2D eigenvalue weighted by atomic mass is 10.1. The summed E-state index contributed by atoms with van der Waals surface area (Å²) in [6.45, 7) is 4.54. The van der Waals surface area contributed by atoms with Crippen LogP contribution in [0.5, 0.6) is 0 Å². The highest BCUT2D eigenvalue weighted by molar-refractivity contribution is 4.92. The Morgan fingerprint density at radius 2 is 2.08 bits per heavy atom. The van der Waals surface area contributed by atoms with Gasteiger partial charge in [0.15, 0.2) is 0 Å². The number of nitrogens with zero attached hydrogens (tertiary/aromatic N) is 2. The maximum atomic E-state index is 5.64. The first-order valence-electron chi connectivity index (χ1n) is 5.45. The minimum Gasteiger partial charge on any atom is -0.330 e. The van der Waals surface area contributed by atoms with Gasteiger partial charge in [0.1, 0.15) is 0 Å². The van der Waals surface area contributed by atoms with Crippen LogP contribution in [0.4, 0.5) is 0 Å². The summed E-state index contributed by atoms with van der Waals surface area (Å²) in [5.41, 5.74) is 5.64. The Morgan fingerprint density at radius 3 is 2.69 bits per heavy atom. The number of nitrogens with two attached hydrogens (primary N) is 1. The van der Waals surface area contributed by atoms with Gasteiger partial charge in [-0.15, -0.1) is 0 Å². The third kappa shape index (κ3) is 2.22. The molecular weight excluding hydrogens is 162 g/mol. The average Bonchev–Trinajstić information content (AvgIpc) is 2.88. The summed E-state index contributed by atoms with van der Waals surface area (Å²) in [5, 5.41) is 0. The third-order valence-electron chi connectivity index (χ3n) is 3.25. The quantitative estimate of drug-likeness (QED) is 0.674. The van der Waals surface area contributed by atoms with Crippen molar-refractivity contribution in [1.82, 2.24) is 9.80 Å². The number of rotatable bonds is 3. The van der Waals surface area contributed by atoms with Crippen LogP contribution in [0.25, 0.3) is 0 Å². The van der Waals surface area contributed by atoms with Gasteiger partial charge in [0.05, 0.1) is 0 Å². The van der Waals surface area contributed by atoms with Gasteiger partial charge in [0.25, 0.3) is 0 Å². The molecular formula is C10H21N3. The van der Waals surface area contributed by atoms with Crippen molar-refractivity contribution in [3.05, 3.63) is 0 Å². The van der Waals surface area contributed by atoms with Crippen LogP contribution in [0, 0.1) is 0 Å². The van der Waals surface area contributed by atoms with E-state index in [0.717, 1.165) is 18.6 Å². The van der Waals surface area contributed by atoms with E-state index >= 15 is 0 Å². The molecule has 1 saturated carbocycles. The van der Waals surface area contributed by atoms with Crippen LogP contribution in [0.3, 0.4) is 0 Å². The van der Waals surface area contributed by atoms with Crippen molar-refractivity contribution in [1.29, 1.82) is 0 Å². The van der Waals surface area contributed by atoms with E-state index in [1.807, 2.05) is 0 Å². The van der Waals surface area contributed by atoms with Crippen LogP contribution in [-0.4, -0.2) is 55.1 Å². The molecule has 0 aromatic rings. The van der Waals surface area contributed by atoms with Crippen LogP contribution in [0.15, 0.2) is 0 Å². The minimum absolute atomic E-state index is 0.733. The number of piperazine rings is 1. The summed E-state index contributed by atoms with van der Waals surface area (Å²) < 4.78 is 0. The molecule has 0 spiro atoms. The Morgan fingerprint density at radius 1 is 1.31 bits per heavy atom. The highest BCUT2D eigenvalue weighted by Gasteiger charge is 2.35. The fourth-order valence-electron chi connectivity index (χ4n) is 2.36. The minimum atomic E-state index is 0.733. The van der Waals surface area contributed by atoms with Crippen molar-refractivity contribution in [2.45, 2.75) is 31.3 Å². The molecule has 2 N–H and O–H groups in total. The monoisotopic (exact) mass is 183 g/mol. The molecule has 2 aliphatic rings. The topological polar surface area (TPSA) is 32.5 Å². The van der Waals surface area contributed by atoms with Crippen molar-refractivity contribution in [2.24, 2.45) is 5.73 Å². The van der Waals surface area contributed by atoms with Gasteiger partial charge in [-0.1, -0.05) is 0 Å². The molecule has 2 rings (SSSR count). The SMILES string of the molecule is CN1CCN(C2CC2)C(CCN)C1.